The van der Waals surface area contributed by atoms with Crippen molar-refractivity contribution in [2.24, 2.45) is 7.05 Å². The fourth-order valence-electron chi connectivity index (χ4n) is 2.56. The molecule has 0 radical (unpaired) electrons. The molecule has 1 heterocycles. The number of fused-ring (bicyclic) bond motifs is 3. The lowest BCUT2D eigenvalue weighted by Gasteiger charge is -2.04. The number of aromatic nitrogens is 1. The first-order valence-corrected chi connectivity index (χ1v) is 5.63. The highest BCUT2D eigenvalue weighted by atomic mass is 14.9. The van der Waals surface area contributed by atoms with Crippen LogP contribution in [0.5, 0.6) is 0 Å². The molecule has 0 fully saturated rings. The molecule has 3 aromatic rings. The summed E-state index contributed by atoms with van der Waals surface area (Å²) in [6.45, 7) is 4.38. The Labute approximate surface area is 95.3 Å². The number of rotatable bonds is 0. The zero-order chi connectivity index (χ0) is 11.3. The lowest BCUT2D eigenvalue weighted by Crippen LogP contribution is -1.90. The number of benzene rings is 2. The molecule has 0 atom stereocenters. The molecule has 3 rings (SSSR count). The summed E-state index contributed by atoms with van der Waals surface area (Å²) < 4.78 is 2.30. The Balaban J connectivity index is 2.67. The average Bonchev–Trinajstić information content (AvgIpc) is 2.59. The largest absolute Gasteiger partial charge is 0.343 e. The third-order valence-corrected chi connectivity index (χ3v) is 3.59. The van der Waals surface area contributed by atoms with E-state index in [1.54, 1.807) is 0 Å². The van der Waals surface area contributed by atoms with Crippen LogP contribution in [0.3, 0.4) is 0 Å². The second-order valence-electron chi connectivity index (χ2n) is 4.48. The first-order valence-electron chi connectivity index (χ1n) is 5.63. The standard InChI is InChI=1S/C15H15N/c1-10-8-9-13-12-6-4-5-7-14(12)16(3)15(13)11(10)2/h4-9H,1-3H3. The molecule has 1 aromatic heterocycles. The number of nitrogens with zero attached hydrogens (tertiary/aromatic N) is 1. The molecule has 80 valence electrons. The highest BCUT2D eigenvalue weighted by molar-refractivity contribution is 6.09. The van der Waals surface area contributed by atoms with E-state index in [9.17, 15) is 0 Å². The zero-order valence-corrected chi connectivity index (χ0v) is 9.91. The van der Waals surface area contributed by atoms with Crippen molar-refractivity contribution in [3.05, 3.63) is 47.5 Å². The van der Waals surface area contributed by atoms with Crippen LogP contribution in [0, 0.1) is 13.8 Å². The molecule has 0 bridgehead atoms. The van der Waals surface area contributed by atoms with Crippen LogP contribution in [0.25, 0.3) is 21.8 Å². The summed E-state index contributed by atoms with van der Waals surface area (Å²) >= 11 is 0. The van der Waals surface area contributed by atoms with Crippen molar-refractivity contribution in [3.63, 3.8) is 0 Å². The van der Waals surface area contributed by atoms with Crippen molar-refractivity contribution in [2.75, 3.05) is 0 Å². The van der Waals surface area contributed by atoms with Gasteiger partial charge >= 0.3 is 0 Å². The van der Waals surface area contributed by atoms with Crippen LogP contribution in [0.15, 0.2) is 36.4 Å². The van der Waals surface area contributed by atoms with Gasteiger partial charge in [0.1, 0.15) is 0 Å². The van der Waals surface area contributed by atoms with E-state index < -0.39 is 0 Å². The van der Waals surface area contributed by atoms with Gasteiger partial charge in [0.15, 0.2) is 0 Å². The monoisotopic (exact) mass is 209 g/mol. The summed E-state index contributed by atoms with van der Waals surface area (Å²) in [7, 11) is 2.15. The quantitative estimate of drug-likeness (QED) is 0.528. The maximum atomic E-state index is 2.30. The zero-order valence-electron chi connectivity index (χ0n) is 9.91. The molecule has 0 unspecified atom stereocenters. The van der Waals surface area contributed by atoms with E-state index in [0.717, 1.165) is 0 Å². The van der Waals surface area contributed by atoms with E-state index in [1.165, 1.54) is 32.9 Å². The van der Waals surface area contributed by atoms with Crippen LogP contribution < -0.4 is 0 Å². The van der Waals surface area contributed by atoms with Gasteiger partial charge in [0.05, 0.1) is 5.52 Å². The van der Waals surface area contributed by atoms with Crippen molar-refractivity contribution in [3.8, 4) is 0 Å². The van der Waals surface area contributed by atoms with Crippen molar-refractivity contribution in [1.29, 1.82) is 0 Å². The van der Waals surface area contributed by atoms with Gasteiger partial charge in [-0.1, -0.05) is 30.3 Å². The molecule has 0 saturated carbocycles. The van der Waals surface area contributed by atoms with Crippen LogP contribution in [0.1, 0.15) is 11.1 Å². The maximum absolute atomic E-state index is 2.30. The van der Waals surface area contributed by atoms with Crippen molar-refractivity contribution in [1.82, 2.24) is 4.57 Å². The number of hydrogen-bond acceptors (Lipinski definition) is 0. The van der Waals surface area contributed by atoms with Crippen LogP contribution >= 0.6 is 0 Å². The molecule has 16 heavy (non-hydrogen) atoms. The fourth-order valence-corrected chi connectivity index (χ4v) is 2.56. The first kappa shape index (κ1) is 9.46. The molecular weight excluding hydrogens is 194 g/mol. The normalized spacial score (nSPS) is 11.4. The fraction of sp³-hybridized carbons (Fsp3) is 0.200. The third kappa shape index (κ3) is 1.06. The molecule has 0 aliphatic heterocycles. The van der Waals surface area contributed by atoms with E-state index in [4.69, 9.17) is 0 Å². The van der Waals surface area contributed by atoms with Crippen molar-refractivity contribution < 1.29 is 0 Å². The van der Waals surface area contributed by atoms with Gasteiger partial charge in [-0.3, -0.25) is 0 Å². The Morgan fingerprint density at radius 3 is 2.44 bits per heavy atom. The van der Waals surface area contributed by atoms with Crippen LogP contribution in [0.4, 0.5) is 0 Å². The van der Waals surface area contributed by atoms with Crippen LogP contribution in [-0.4, -0.2) is 4.57 Å². The van der Waals surface area contributed by atoms with Gasteiger partial charge in [0, 0.05) is 23.3 Å². The van der Waals surface area contributed by atoms with Crippen LogP contribution in [0.2, 0.25) is 0 Å². The summed E-state index contributed by atoms with van der Waals surface area (Å²) in [6.07, 6.45) is 0. The number of aryl methyl sites for hydroxylation is 3. The minimum absolute atomic E-state index is 1.31. The molecule has 0 spiro atoms. The molecule has 0 amide bonds. The summed E-state index contributed by atoms with van der Waals surface area (Å²) in [5.41, 5.74) is 5.42. The first-order chi connectivity index (χ1) is 7.70. The Kier molecular flexibility index (Phi) is 1.84. The van der Waals surface area contributed by atoms with Gasteiger partial charge in [0.2, 0.25) is 0 Å². The van der Waals surface area contributed by atoms with Crippen molar-refractivity contribution in [2.45, 2.75) is 13.8 Å². The summed E-state index contributed by atoms with van der Waals surface area (Å²) in [4.78, 5) is 0. The highest BCUT2D eigenvalue weighted by Gasteiger charge is 2.10. The summed E-state index contributed by atoms with van der Waals surface area (Å²) in [5, 5.41) is 2.71. The second kappa shape index (κ2) is 3.11. The van der Waals surface area contributed by atoms with Gasteiger partial charge in [-0.05, 0) is 31.0 Å². The molecule has 0 N–H and O–H groups in total. The molecule has 2 aromatic carbocycles. The van der Waals surface area contributed by atoms with Gasteiger partial charge in [-0.2, -0.15) is 0 Å². The number of para-hydroxylation sites is 1. The van der Waals surface area contributed by atoms with Gasteiger partial charge < -0.3 is 4.57 Å². The smallest absolute Gasteiger partial charge is 0.0521 e. The van der Waals surface area contributed by atoms with Gasteiger partial charge in [-0.25, -0.2) is 0 Å². The highest BCUT2D eigenvalue weighted by Crippen LogP contribution is 2.31. The Morgan fingerprint density at radius 2 is 1.62 bits per heavy atom. The molecule has 0 aliphatic carbocycles. The lowest BCUT2D eigenvalue weighted by molar-refractivity contribution is 1.01. The Bertz CT molecular complexity index is 689. The minimum Gasteiger partial charge on any atom is -0.343 e. The minimum atomic E-state index is 1.31. The van der Waals surface area contributed by atoms with E-state index in [0.29, 0.717) is 0 Å². The Morgan fingerprint density at radius 1 is 0.875 bits per heavy atom. The van der Waals surface area contributed by atoms with Gasteiger partial charge in [0.25, 0.3) is 0 Å². The topological polar surface area (TPSA) is 4.93 Å². The molecular formula is C15H15N. The predicted molar refractivity (Wildman–Crippen MR) is 69.9 cm³/mol. The predicted octanol–water partition coefficient (Wildman–Crippen LogP) is 3.95. The lowest BCUT2D eigenvalue weighted by atomic mass is 10.1. The third-order valence-electron chi connectivity index (χ3n) is 3.59. The molecule has 0 saturated heterocycles. The van der Waals surface area contributed by atoms with E-state index in [2.05, 4.69) is 61.9 Å². The Hall–Kier alpha value is -1.76. The van der Waals surface area contributed by atoms with E-state index in [-0.39, 0.29) is 0 Å². The number of hydrogen-bond donors (Lipinski definition) is 0. The van der Waals surface area contributed by atoms with Crippen molar-refractivity contribution >= 4 is 21.8 Å². The average molecular weight is 209 g/mol. The van der Waals surface area contributed by atoms with E-state index >= 15 is 0 Å². The second-order valence-corrected chi connectivity index (χ2v) is 4.48. The molecule has 1 heteroatoms. The maximum Gasteiger partial charge on any atom is 0.0521 e. The van der Waals surface area contributed by atoms with E-state index in [1.807, 2.05) is 0 Å². The SMILES string of the molecule is Cc1ccc2c3ccccc3n(C)c2c1C. The summed E-state index contributed by atoms with van der Waals surface area (Å²) in [6, 6.07) is 13.0. The molecule has 1 nitrogen and oxygen atoms in total. The van der Waals surface area contributed by atoms with Gasteiger partial charge in [-0.15, -0.1) is 0 Å². The molecule has 0 aliphatic rings. The van der Waals surface area contributed by atoms with Crippen LogP contribution in [-0.2, 0) is 7.05 Å². The summed E-state index contributed by atoms with van der Waals surface area (Å²) in [5.74, 6) is 0.